The summed E-state index contributed by atoms with van der Waals surface area (Å²) in [6.45, 7) is 5.54. The van der Waals surface area contributed by atoms with E-state index < -0.39 is 0 Å². The minimum atomic E-state index is 0.677. The predicted molar refractivity (Wildman–Crippen MR) is 95.1 cm³/mol. The van der Waals surface area contributed by atoms with Crippen LogP contribution in [0, 0.1) is 6.92 Å². The Morgan fingerprint density at radius 3 is 2.00 bits per heavy atom. The third kappa shape index (κ3) is 8.26. The lowest BCUT2D eigenvalue weighted by molar-refractivity contribution is 0.516. The van der Waals surface area contributed by atoms with E-state index in [1.165, 1.54) is 68.9 Å². The monoisotopic (exact) mass is 289 g/mol. The van der Waals surface area contributed by atoms with Gasteiger partial charge in [0.1, 0.15) is 0 Å². The average Bonchev–Trinajstić information content (AvgIpc) is 2.50. The molecular formula is C20H35N. The van der Waals surface area contributed by atoms with E-state index in [0.29, 0.717) is 5.92 Å². The standard InChI is InChI=1S/C20H35N/c1-4-5-6-7-8-9-10-11-12-20(17-21-3)19-15-13-18(2)14-16-19/h13-16,20-21H,4-12,17H2,1-3H3. The van der Waals surface area contributed by atoms with Crippen molar-refractivity contribution in [3.8, 4) is 0 Å². The zero-order valence-electron chi connectivity index (χ0n) is 14.5. The molecule has 21 heavy (non-hydrogen) atoms. The number of benzene rings is 1. The molecule has 0 bridgehead atoms. The molecule has 1 N–H and O–H groups in total. The highest BCUT2D eigenvalue weighted by Crippen LogP contribution is 2.23. The summed E-state index contributed by atoms with van der Waals surface area (Å²) in [5.74, 6) is 0.677. The highest BCUT2D eigenvalue weighted by atomic mass is 14.8. The lowest BCUT2D eigenvalue weighted by Gasteiger charge is -2.17. The van der Waals surface area contributed by atoms with Crippen LogP contribution in [0.1, 0.15) is 81.8 Å². The Morgan fingerprint density at radius 2 is 1.43 bits per heavy atom. The highest BCUT2D eigenvalue weighted by molar-refractivity contribution is 5.24. The van der Waals surface area contributed by atoms with Gasteiger partial charge in [0, 0.05) is 6.54 Å². The Kier molecular flexibility index (Phi) is 10.2. The fourth-order valence-corrected chi connectivity index (χ4v) is 3.00. The summed E-state index contributed by atoms with van der Waals surface area (Å²) in [5.41, 5.74) is 2.85. The molecule has 120 valence electrons. The van der Waals surface area contributed by atoms with E-state index in [4.69, 9.17) is 0 Å². The zero-order valence-corrected chi connectivity index (χ0v) is 14.5. The Labute approximate surface area is 132 Å². The molecular weight excluding hydrogens is 254 g/mol. The minimum Gasteiger partial charge on any atom is -0.319 e. The Hall–Kier alpha value is -0.820. The maximum Gasteiger partial charge on any atom is 0.00171 e. The molecule has 0 aliphatic rings. The summed E-state index contributed by atoms with van der Waals surface area (Å²) < 4.78 is 0. The summed E-state index contributed by atoms with van der Waals surface area (Å²) in [4.78, 5) is 0. The molecule has 0 amide bonds. The van der Waals surface area contributed by atoms with Crippen molar-refractivity contribution in [3.63, 3.8) is 0 Å². The first-order valence-corrected chi connectivity index (χ1v) is 8.99. The van der Waals surface area contributed by atoms with Crippen molar-refractivity contribution in [3.05, 3.63) is 35.4 Å². The van der Waals surface area contributed by atoms with Gasteiger partial charge in [-0.1, -0.05) is 88.1 Å². The first-order chi connectivity index (χ1) is 10.3. The number of hydrogen-bond donors (Lipinski definition) is 1. The number of hydrogen-bond acceptors (Lipinski definition) is 1. The van der Waals surface area contributed by atoms with Gasteiger partial charge in [-0.15, -0.1) is 0 Å². The fourth-order valence-electron chi connectivity index (χ4n) is 3.00. The van der Waals surface area contributed by atoms with E-state index in [9.17, 15) is 0 Å². The molecule has 1 unspecified atom stereocenters. The second kappa shape index (κ2) is 11.8. The molecule has 0 spiro atoms. The van der Waals surface area contributed by atoms with Crippen molar-refractivity contribution in [1.82, 2.24) is 5.32 Å². The Bertz CT molecular complexity index is 341. The molecule has 0 radical (unpaired) electrons. The maximum absolute atomic E-state index is 3.36. The molecule has 0 saturated heterocycles. The average molecular weight is 290 g/mol. The Morgan fingerprint density at radius 1 is 0.857 bits per heavy atom. The number of nitrogens with one attached hydrogen (secondary N) is 1. The van der Waals surface area contributed by atoms with Gasteiger partial charge >= 0.3 is 0 Å². The third-order valence-electron chi connectivity index (χ3n) is 4.41. The number of unbranched alkanes of at least 4 members (excludes halogenated alkanes) is 7. The molecule has 0 saturated carbocycles. The zero-order chi connectivity index (χ0) is 15.3. The summed E-state index contributed by atoms with van der Waals surface area (Å²) in [7, 11) is 2.06. The van der Waals surface area contributed by atoms with Crippen LogP contribution in [-0.2, 0) is 0 Å². The van der Waals surface area contributed by atoms with Crippen molar-refractivity contribution >= 4 is 0 Å². The fraction of sp³-hybridized carbons (Fsp3) is 0.700. The molecule has 1 aromatic carbocycles. The van der Waals surface area contributed by atoms with E-state index >= 15 is 0 Å². The van der Waals surface area contributed by atoms with Crippen molar-refractivity contribution in [2.24, 2.45) is 0 Å². The van der Waals surface area contributed by atoms with E-state index in [0.717, 1.165) is 6.54 Å². The molecule has 1 heteroatoms. The number of rotatable bonds is 12. The van der Waals surface area contributed by atoms with Crippen molar-refractivity contribution in [2.45, 2.75) is 77.6 Å². The summed E-state index contributed by atoms with van der Waals surface area (Å²) in [5, 5.41) is 3.36. The van der Waals surface area contributed by atoms with Crippen LogP contribution >= 0.6 is 0 Å². The lowest BCUT2D eigenvalue weighted by Crippen LogP contribution is -2.17. The summed E-state index contributed by atoms with van der Waals surface area (Å²) >= 11 is 0. The first kappa shape index (κ1) is 18.2. The molecule has 0 aliphatic carbocycles. The molecule has 1 nitrogen and oxygen atoms in total. The van der Waals surface area contributed by atoms with Gasteiger partial charge in [-0.05, 0) is 31.9 Å². The maximum atomic E-state index is 3.36. The van der Waals surface area contributed by atoms with Gasteiger partial charge in [-0.25, -0.2) is 0 Å². The van der Waals surface area contributed by atoms with Crippen molar-refractivity contribution in [1.29, 1.82) is 0 Å². The van der Waals surface area contributed by atoms with Crippen molar-refractivity contribution < 1.29 is 0 Å². The van der Waals surface area contributed by atoms with Crippen LogP contribution in [0.3, 0.4) is 0 Å². The van der Waals surface area contributed by atoms with Crippen molar-refractivity contribution in [2.75, 3.05) is 13.6 Å². The van der Waals surface area contributed by atoms with E-state index in [1.807, 2.05) is 0 Å². The Balaban J connectivity index is 2.21. The molecule has 1 aromatic rings. The van der Waals surface area contributed by atoms with Gasteiger partial charge in [0.05, 0.1) is 0 Å². The number of aryl methyl sites for hydroxylation is 1. The van der Waals surface area contributed by atoms with Crippen LogP contribution in [0.15, 0.2) is 24.3 Å². The van der Waals surface area contributed by atoms with Crippen LogP contribution in [0.25, 0.3) is 0 Å². The number of likely N-dealkylation sites (N-methyl/N-ethyl adjacent to an activating group) is 1. The molecule has 1 rings (SSSR count). The summed E-state index contributed by atoms with van der Waals surface area (Å²) in [6.07, 6.45) is 12.6. The second-order valence-corrected chi connectivity index (χ2v) is 6.43. The second-order valence-electron chi connectivity index (χ2n) is 6.43. The molecule has 0 fully saturated rings. The van der Waals surface area contributed by atoms with Crippen LogP contribution in [-0.4, -0.2) is 13.6 Å². The van der Waals surface area contributed by atoms with Gasteiger partial charge in [0.25, 0.3) is 0 Å². The van der Waals surface area contributed by atoms with Gasteiger partial charge in [0.2, 0.25) is 0 Å². The van der Waals surface area contributed by atoms with Gasteiger partial charge in [-0.3, -0.25) is 0 Å². The van der Waals surface area contributed by atoms with Crippen LogP contribution < -0.4 is 5.32 Å². The normalized spacial score (nSPS) is 12.5. The molecule has 0 aromatic heterocycles. The van der Waals surface area contributed by atoms with Gasteiger partial charge < -0.3 is 5.32 Å². The topological polar surface area (TPSA) is 12.0 Å². The molecule has 0 aliphatic heterocycles. The minimum absolute atomic E-state index is 0.677. The van der Waals surface area contributed by atoms with E-state index in [-0.39, 0.29) is 0 Å². The van der Waals surface area contributed by atoms with Crippen LogP contribution in [0.5, 0.6) is 0 Å². The van der Waals surface area contributed by atoms with E-state index in [2.05, 4.69) is 50.5 Å². The van der Waals surface area contributed by atoms with Gasteiger partial charge in [-0.2, -0.15) is 0 Å². The SMILES string of the molecule is CCCCCCCCCCC(CNC)c1ccc(C)cc1. The molecule has 1 atom stereocenters. The smallest absolute Gasteiger partial charge is 0.00171 e. The lowest BCUT2D eigenvalue weighted by atomic mass is 9.92. The molecule has 0 heterocycles. The summed E-state index contributed by atoms with van der Waals surface area (Å²) in [6, 6.07) is 9.10. The predicted octanol–water partition coefficient (Wildman–Crippen LogP) is 5.83. The first-order valence-electron chi connectivity index (χ1n) is 8.99. The van der Waals surface area contributed by atoms with Crippen LogP contribution in [0.2, 0.25) is 0 Å². The highest BCUT2D eigenvalue weighted by Gasteiger charge is 2.10. The quantitative estimate of drug-likeness (QED) is 0.477. The third-order valence-corrected chi connectivity index (χ3v) is 4.41. The largest absolute Gasteiger partial charge is 0.319 e. The van der Waals surface area contributed by atoms with E-state index in [1.54, 1.807) is 0 Å². The van der Waals surface area contributed by atoms with Gasteiger partial charge in [0.15, 0.2) is 0 Å². The van der Waals surface area contributed by atoms with Crippen LogP contribution in [0.4, 0.5) is 0 Å².